The van der Waals surface area contributed by atoms with Crippen LogP contribution in [0, 0.1) is 0 Å². The summed E-state index contributed by atoms with van der Waals surface area (Å²) in [5.74, 6) is -2.57. The number of hydrogen-bond donors (Lipinski definition) is 4. The van der Waals surface area contributed by atoms with E-state index < -0.39 is 41.4 Å². The van der Waals surface area contributed by atoms with E-state index in [1.54, 1.807) is 20.8 Å². The third kappa shape index (κ3) is 12.3. The lowest BCUT2D eigenvalue weighted by Crippen LogP contribution is -2.49. The molecule has 1 aromatic rings. The Morgan fingerprint density at radius 1 is 0.970 bits per heavy atom. The summed E-state index contributed by atoms with van der Waals surface area (Å²) >= 11 is 0. The van der Waals surface area contributed by atoms with Gasteiger partial charge in [-0.2, -0.15) is 0 Å². The molecule has 1 rings (SSSR count). The van der Waals surface area contributed by atoms with Crippen LogP contribution in [0.5, 0.6) is 0 Å². The number of esters is 1. The van der Waals surface area contributed by atoms with Crippen LogP contribution in [-0.4, -0.2) is 53.8 Å². The highest BCUT2D eigenvalue weighted by molar-refractivity contribution is 5.89. The van der Waals surface area contributed by atoms with Crippen LogP contribution in [0.2, 0.25) is 0 Å². The van der Waals surface area contributed by atoms with E-state index in [2.05, 4.69) is 16.0 Å². The molecule has 0 aliphatic rings. The van der Waals surface area contributed by atoms with Crippen LogP contribution in [0.25, 0.3) is 0 Å². The largest absolute Gasteiger partial charge is 0.460 e. The molecule has 0 spiro atoms. The fourth-order valence-corrected chi connectivity index (χ4v) is 2.93. The molecule has 33 heavy (non-hydrogen) atoms. The number of nitrogens with two attached hydrogens (primary N) is 1. The number of nitrogens with one attached hydrogen (secondary N) is 3. The fourth-order valence-electron chi connectivity index (χ4n) is 2.93. The lowest BCUT2D eigenvalue weighted by molar-refractivity contribution is -0.155. The molecule has 4 amide bonds. The number of hydrogen-bond acceptors (Lipinski definition) is 6. The Labute approximate surface area is 194 Å². The van der Waals surface area contributed by atoms with Gasteiger partial charge in [-0.25, -0.2) is 0 Å². The van der Waals surface area contributed by atoms with Crippen LogP contribution in [0.1, 0.15) is 52.5 Å². The average molecular weight is 463 g/mol. The normalized spacial score (nSPS) is 12.7. The molecule has 2 atom stereocenters. The minimum atomic E-state index is -1.04. The number of benzene rings is 1. The third-order valence-electron chi connectivity index (χ3n) is 4.36. The maximum Gasteiger partial charge on any atom is 0.306 e. The molecule has 0 radical (unpaired) electrons. The quantitative estimate of drug-likeness (QED) is 0.328. The highest BCUT2D eigenvalue weighted by Crippen LogP contribution is 2.10. The van der Waals surface area contributed by atoms with E-state index in [1.807, 2.05) is 30.3 Å². The number of carbonyl (C=O) groups excluding carboxylic acids is 5. The molecule has 0 bridgehead atoms. The van der Waals surface area contributed by atoms with E-state index in [-0.39, 0.29) is 31.7 Å². The van der Waals surface area contributed by atoms with Gasteiger partial charge in [-0.05, 0) is 32.8 Å². The highest BCUT2D eigenvalue weighted by Gasteiger charge is 2.23. The predicted molar refractivity (Wildman–Crippen MR) is 122 cm³/mol. The maximum absolute atomic E-state index is 12.5. The van der Waals surface area contributed by atoms with E-state index in [4.69, 9.17) is 10.5 Å². The Bertz CT molecular complexity index is 835. The molecular weight excluding hydrogens is 428 g/mol. The maximum atomic E-state index is 12.5. The first-order chi connectivity index (χ1) is 15.4. The summed E-state index contributed by atoms with van der Waals surface area (Å²) in [5.41, 5.74) is 5.54. The van der Waals surface area contributed by atoms with Crippen molar-refractivity contribution in [2.24, 2.45) is 5.73 Å². The zero-order valence-electron chi connectivity index (χ0n) is 19.6. The first-order valence-electron chi connectivity index (χ1n) is 10.8. The molecule has 0 aromatic heterocycles. The minimum absolute atomic E-state index is 0.00400. The van der Waals surface area contributed by atoms with Crippen molar-refractivity contribution < 1.29 is 28.7 Å². The molecule has 0 heterocycles. The van der Waals surface area contributed by atoms with Gasteiger partial charge in [0.15, 0.2) is 0 Å². The number of ether oxygens (including phenoxy) is 1. The third-order valence-corrected chi connectivity index (χ3v) is 4.36. The molecule has 0 saturated heterocycles. The minimum Gasteiger partial charge on any atom is -0.460 e. The van der Waals surface area contributed by atoms with E-state index in [0.29, 0.717) is 6.42 Å². The SMILES string of the molecule is CC(=O)NC(Cc1ccccc1)C(=O)NCCC(=O)N[C@@H](CCC(=O)OC(C)(C)C)C(N)=O. The van der Waals surface area contributed by atoms with Crippen LogP contribution in [0.15, 0.2) is 30.3 Å². The lowest BCUT2D eigenvalue weighted by Gasteiger charge is -2.21. The van der Waals surface area contributed by atoms with Gasteiger partial charge >= 0.3 is 5.97 Å². The van der Waals surface area contributed by atoms with Gasteiger partial charge in [0, 0.05) is 32.7 Å². The molecule has 0 saturated carbocycles. The number of amides is 4. The second-order valence-electron chi connectivity index (χ2n) is 8.63. The summed E-state index contributed by atoms with van der Waals surface area (Å²) in [5, 5.41) is 7.68. The number of primary amides is 1. The van der Waals surface area contributed by atoms with E-state index >= 15 is 0 Å². The monoisotopic (exact) mass is 462 g/mol. The summed E-state index contributed by atoms with van der Waals surface area (Å²) < 4.78 is 5.18. The zero-order chi connectivity index (χ0) is 25.0. The standard InChI is InChI=1S/C23H34N4O6/c1-15(28)26-18(14-16-8-6-5-7-9-16)22(32)25-13-12-19(29)27-17(21(24)31)10-11-20(30)33-23(2,3)4/h5-9,17-18H,10-14H2,1-4H3,(H2,24,31)(H,25,32)(H,26,28)(H,27,29)/t17-,18?/m0/s1. The molecular formula is C23H34N4O6. The van der Waals surface area contributed by atoms with E-state index in [9.17, 15) is 24.0 Å². The van der Waals surface area contributed by atoms with Gasteiger partial charge in [-0.1, -0.05) is 30.3 Å². The van der Waals surface area contributed by atoms with Gasteiger partial charge in [0.1, 0.15) is 17.7 Å². The Morgan fingerprint density at radius 3 is 2.15 bits per heavy atom. The van der Waals surface area contributed by atoms with Crippen LogP contribution < -0.4 is 21.7 Å². The fraction of sp³-hybridized carbons (Fsp3) is 0.522. The molecule has 182 valence electrons. The Morgan fingerprint density at radius 2 is 1.61 bits per heavy atom. The Hall–Kier alpha value is -3.43. The van der Waals surface area contributed by atoms with Gasteiger partial charge in [0.25, 0.3) is 0 Å². The van der Waals surface area contributed by atoms with Crippen molar-refractivity contribution in [3.8, 4) is 0 Å². The van der Waals surface area contributed by atoms with Crippen molar-refractivity contribution in [1.29, 1.82) is 0 Å². The molecule has 1 aromatic carbocycles. The highest BCUT2D eigenvalue weighted by atomic mass is 16.6. The van der Waals surface area contributed by atoms with Gasteiger partial charge in [0.2, 0.25) is 23.6 Å². The summed E-state index contributed by atoms with van der Waals surface area (Å²) in [6, 6.07) is 7.38. The summed E-state index contributed by atoms with van der Waals surface area (Å²) in [6.45, 7) is 6.49. The van der Waals surface area contributed by atoms with Crippen molar-refractivity contribution in [2.45, 2.75) is 71.1 Å². The van der Waals surface area contributed by atoms with Crippen molar-refractivity contribution in [3.05, 3.63) is 35.9 Å². The first kappa shape index (κ1) is 27.6. The van der Waals surface area contributed by atoms with Crippen LogP contribution in [0.3, 0.4) is 0 Å². The second-order valence-corrected chi connectivity index (χ2v) is 8.63. The van der Waals surface area contributed by atoms with Gasteiger partial charge in [-0.3, -0.25) is 24.0 Å². The van der Waals surface area contributed by atoms with E-state index in [0.717, 1.165) is 5.56 Å². The Balaban J connectivity index is 2.52. The van der Waals surface area contributed by atoms with Crippen LogP contribution >= 0.6 is 0 Å². The van der Waals surface area contributed by atoms with Crippen LogP contribution in [0.4, 0.5) is 0 Å². The van der Waals surface area contributed by atoms with E-state index in [1.165, 1.54) is 6.92 Å². The van der Waals surface area contributed by atoms with Crippen molar-refractivity contribution >= 4 is 29.6 Å². The smallest absolute Gasteiger partial charge is 0.306 e. The molecule has 10 heteroatoms. The molecule has 0 aliphatic heterocycles. The summed E-state index contributed by atoms with van der Waals surface area (Å²) in [7, 11) is 0. The zero-order valence-corrected chi connectivity index (χ0v) is 19.6. The molecule has 0 fully saturated rings. The number of carbonyl (C=O) groups is 5. The lowest BCUT2D eigenvalue weighted by atomic mass is 10.1. The Kier molecular flexibility index (Phi) is 11.0. The van der Waals surface area contributed by atoms with Crippen molar-refractivity contribution in [2.75, 3.05) is 6.54 Å². The summed E-state index contributed by atoms with van der Waals surface area (Å²) in [6.07, 6.45) is 0.108. The molecule has 0 aliphatic carbocycles. The van der Waals surface area contributed by atoms with Crippen molar-refractivity contribution in [1.82, 2.24) is 16.0 Å². The van der Waals surface area contributed by atoms with Gasteiger partial charge in [0.05, 0.1) is 0 Å². The second kappa shape index (κ2) is 13.2. The van der Waals surface area contributed by atoms with Crippen LogP contribution in [-0.2, 0) is 35.1 Å². The van der Waals surface area contributed by atoms with Gasteiger partial charge < -0.3 is 26.4 Å². The number of rotatable bonds is 12. The molecule has 1 unspecified atom stereocenters. The molecule has 5 N–H and O–H groups in total. The molecule has 10 nitrogen and oxygen atoms in total. The topological polar surface area (TPSA) is 157 Å². The summed E-state index contributed by atoms with van der Waals surface area (Å²) in [4.78, 5) is 59.6. The van der Waals surface area contributed by atoms with Crippen molar-refractivity contribution in [3.63, 3.8) is 0 Å². The first-order valence-corrected chi connectivity index (χ1v) is 10.8. The van der Waals surface area contributed by atoms with Gasteiger partial charge in [-0.15, -0.1) is 0 Å². The predicted octanol–water partition coefficient (Wildman–Crippen LogP) is 0.332. The average Bonchev–Trinajstić information content (AvgIpc) is 2.69.